The van der Waals surface area contributed by atoms with Gasteiger partial charge in [-0.25, -0.2) is 0 Å². The van der Waals surface area contributed by atoms with E-state index in [0.717, 1.165) is 24.3 Å². The largest absolute Gasteiger partial charge is 0.496 e. The molecule has 18 heavy (non-hydrogen) atoms. The van der Waals surface area contributed by atoms with Crippen LogP contribution in [0.3, 0.4) is 0 Å². The van der Waals surface area contributed by atoms with Crippen LogP contribution in [0.1, 0.15) is 31.9 Å². The van der Waals surface area contributed by atoms with Gasteiger partial charge in [0.05, 0.1) is 19.7 Å². The van der Waals surface area contributed by atoms with Gasteiger partial charge >= 0.3 is 0 Å². The van der Waals surface area contributed by atoms with Crippen LogP contribution in [0.15, 0.2) is 24.3 Å². The summed E-state index contributed by atoms with van der Waals surface area (Å²) < 4.78 is 5.28. The predicted octanol–water partition coefficient (Wildman–Crippen LogP) is 1.87. The Balaban J connectivity index is 2.53. The maximum atomic E-state index is 11.7. The molecule has 0 aliphatic carbocycles. The van der Waals surface area contributed by atoms with Crippen LogP contribution < -0.4 is 15.4 Å². The Hall–Kier alpha value is -1.55. The van der Waals surface area contributed by atoms with E-state index in [0.29, 0.717) is 6.54 Å². The third-order valence-corrected chi connectivity index (χ3v) is 2.70. The van der Waals surface area contributed by atoms with Crippen LogP contribution >= 0.6 is 0 Å². The number of carbonyl (C=O) groups is 1. The first-order valence-electron chi connectivity index (χ1n) is 6.32. The molecule has 1 rings (SSSR count). The minimum atomic E-state index is -0.0583. The summed E-state index contributed by atoms with van der Waals surface area (Å²) in [7, 11) is 1.64. The molecule has 0 spiro atoms. The van der Waals surface area contributed by atoms with Gasteiger partial charge < -0.3 is 15.4 Å². The van der Waals surface area contributed by atoms with Crippen LogP contribution in [0.4, 0.5) is 0 Å². The number of benzene rings is 1. The van der Waals surface area contributed by atoms with E-state index in [2.05, 4.69) is 17.6 Å². The van der Waals surface area contributed by atoms with Crippen molar-refractivity contribution in [2.24, 2.45) is 0 Å². The molecule has 0 fully saturated rings. The summed E-state index contributed by atoms with van der Waals surface area (Å²) in [4.78, 5) is 11.7. The summed E-state index contributed by atoms with van der Waals surface area (Å²) in [6.45, 7) is 5.24. The highest BCUT2D eigenvalue weighted by Gasteiger charge is 2.12. The number of para-hydroxylation sites is 1. The zero-order valence-electron chi connectivity index (χ0n) is 11.3. The predicted molar refractivity (Wildman–Crippen MR) is 72.7 cm³/mol. The average Bonchev–Trinajstić information content (AvgIpc) is 2.39. The molecule has 0 heterocycles. The molecule has 4 nitrogen and oxygen atoms in total. The van der Waals surface area contributed by atoms with Gasteiger partial charge in [-0.1, -0.05) is 25.1 Å². The van der Waals surface area contributed by atoms with Crippen molar-refractivity contribution in [3.05, 3.63) is 29.8 Å². The molecule has 1 aromatic carbocycles. The summed E-state index contributed by atoms with van der Waals surface area (Å²) in [5.74, 6) is 0.800. The van der Waals surface area contributed by atoms with E-state index in [1.54, 1.807) is 7.11 Å². The molecule has 0 aliphatic rings. The summed E-state index contributed by atoms with van der Waals surface area (Å²) in [5.41, 5.74) is 0.990. The molecule has 0 aromatic heterocycles. The monoisotopic (exact) mass is 250 g/mol. The fraction of sp³-hybridized carbons (Fsp3) is 0.500. The smallest absolute Gasteiger partial charge is 0.234 e. The Morgan fingerprint density at radius 2 is 2.11 bits per heavy atom. The maximum Gasteiger partial charge on any atom is 0.234 e. The normalized spacial score (nSPS) is 11.9. The van der Waals surface area contributed by atoms with Gasteiger partial charge in [0.2, 0.25) is 5.91 Å². The van der Waals surface area contributed by atoms with E-state index >= 15 is 0 Å². The molecular formula is C14H22N2O2. The van der Waals surface area contributed by atoms with E-state index in [1.165, 1.54) is 0 Å². The molecule has 1 atom stereocenters. The first kappa shape index (κ1) is 14.5. The third-order valence-electron chi connectivity index (χ3n) is 2.70. The molecule has 1 amide bonds. The zero-order valence-corrected chi connectivity index (χ0v) is 11.3. The summed E-state index contributed by atoms with van der Waals surface area (Å²) in [5, 5.41) is 6.03. The first-order valence-corrected chi connectivity index (χ1v) is 6.32. The lowest BCUT2D eigenvalue weighted by Gasteiger charge is -2.17. The second-order valence-corrected chi connectivity index (χ2v) is 4.21. The van der Waals surface area contributed by atoms with E-state index in [1.807, 2.05) is 31.2 Å². The molecule has 0 aliphatic heterocycles. The Morgan fingerprint density at radius 1 is 1.39 bits per heavy atom. The van der Waals surface area contributed by atoms with Gasteiger partial charge in [0, 0.05) is 5.56 Å². The quantitative estimate of drug-likeness (QED) is 0.726. The second kappa shape index (κ2) is 7.71. The molecule has 0 unspecified atom stereocenters. The second-order valence-electron chi connectivity index (χ2n) is 4.21. The van der Waals surface area contributed by atoms with Crippen molar-refractivity contribution in [1.29, 1.82) is 0 Å². The molecule has 0 saturated carbocycles. The van der Waals surface area contributed by atoms with Crippen molar-refractivity contribution in [3.63, 3.8) is 0 Å². The molecule has 1 aromatic rings. The van der Waals surface area contributed by atoms with Crippen molar-refractivity contribution in [1.82, 2.24) is 10.6 Å². The SMILES string of the molecule is CCCNCC(=O)N[C@H](C)c1ccccc1OC. The fourth-order valence-electron chi connectivity index (χ4n) is 1.77. The number of ether oxygens (including phenoxy) is 1. The fourth-order valence-corrected chi connectivity index (χ4v) is 1.77. The molecule has 0 radical (unpaired) electrons. The van der Waals surface area contributed by atoms with Gasteiger partial charge in [0.1, 0.15) is 5.75 Å². The van der Waals surface area contributed by atoms with E-state index < -0.39 is 0 Å². The molecular weight excluding hydrogens is 228 g/mol. The van der Waals surface area contributed by atoms with Gasteiger partial charge in [-0.05, 0) is 26.0 Å². The third kappa shape index (κ3) is 4.37. The lowest BCUT2D eigenvalue weighted by atomic mass is 10.1. The number of hydrogen-bond donors (Lipinski definition) is 2. The minimum Gasteiger partial charge on any atom is -0.496 e. The molecule has 0 bridgehead atoms. The van der Waals surface area contributed by atoms with Gasteiger partial charge in [0.15, 0.2) is 0 Å². The van der Waals surface area contributed by atoms with Crippen molar-refractivity contribution in [3.8, 4) is 5.75 Å². The van der Waals surface area contributed by atoms with Crippen molar-refractivity contribution in [2.75, 3.05) is 20.2 Å². The Morgan fingerprint density at radius 3 is 2.78 bits per heavy atom. The lowest BCUT2D eigenvalue weighted by molar-refractivity contribution is -0.120. The number of carbonyl (C=O) groups excluding carboxylic acids is 1. The first-order chi connectivity index (χ1) is 8.69. The average molecular weight is 250 g/mol. The van der Waals surface area contributed by atoms with Crippen LogP contribution in [-0.2, 0) is 4.79 Å². The Bertz CT molecular complexity index is 380. The van der Waals surface area contributed by atoms with Crippen LogP contribution in [0, 0.1) is 0 Å². The molecule has 100 valence electrons. The topological polar surface area (TPSA) is 50.4 Å². The highest BCUT2D eigenvalue weighted by Crippen LogP contribution is 2.23. The minimum absolute atomic E-state index is 0.00172. The molecule has 4 heteroatoms. The van der Waals surface area contributed by atoms with Crippen LogP contribution in [0.25, 0.3) is 0 Å². The van der Waals surface area contributed by atoms with Gasteiger partial charge in [-0.2, -0.15) is 0 Å². The van der Waals surface area contributed by atoms with Crippen LogP contribution in [0.2, 0.25) is 0 Å². The van der Waals surface area contributed by atoms with E-state index in [-0.39, 0.29) is 11.9 Å². The molecule has 0 saturated heterocycles. The van der Waals surface area contributed by atoms with Gasteiger partial charge in [0.25, 0.3) is 0 Å². The lowest BCUT2D eigenvalue weighted by Crippen LogP contribution is -2.35. The van der Waals surface area contributed by atoms with Crippen molar-refractivity contribution < 1.29 is 9.53 Å². The Kier molecular flexibility index (Phi) is 6.22. The summed E-state index contributed by atoms with van der Waals surface area (Å²) >= 11 is 0. The highest BCUT2D eigenvalue weighted by molar-refractivity contribution is 5.78. The van der Waals surface area contributed by atoms with E-state index in [9.17, 15) is 4.79 Å². The summed E-state index contributed by atoms with van der Waals surface area (Å²) in [6.07, 6.45) is 1.02. The number of rotatable bonds is 7. The number of nitrogens with one attached hydrogen (secondary N) is 2. The van der Waals surface area contributed by atoms with E-state index in [4.69, 9.17) is 4.74 Å². The highest BCUT2D eigenvalue weighted by atomic mass is 16.5. The Labute approximate surface area is 109 Å². The number of methoxy groups -OCH3 is 1. The van der Waals surface area contributed by atoms with Crippen molar-refractivity contribution in [2.45, 2.75) is 26.3 Å². The van der Waals surface area contributed by atoms with Crippen molar-refractivity contribution >= 4 is 5.91 Å². The number of amides is 1. The zero-order chi connectivity index (χ0) is 13.4. The summed E-state index contributed by atoms with van der Waals surface area (Å²) in [6, 6.07) is 7.66. The van der Waals surface area contributed by atoms with Gasteiger partial charge in [-0.15, -0.1) is 0 Å². The number of hydrogen-bond acceptors (Lipinski definition) is 3. The molecule has 2 N–H and O–H groups in total. The van der Waals surface area contributed by atoms with Crippen LogP contribution in [-0.4, -0.2) is 26.1 Å². The van der Waals surface area contributed by atoms with Crippen LogP contribution in [0.5, 0.6) is 5.75 Å². The maximum absolute atomic E-state index is 11.7. The standard InChI is InChI=1S/C14H22N2O2/c1-4-9-15-10-14(17)16-11(2)12-7-5-6-8-13(12)18-3/h5-8,11,15H,4,9-10H2,1-3H3,(H,16,17)/t11-/m1/s1. The van der Waals surface area contributed by atoms with Gasteiger partial charge in [-0.3, -0.25) is 4.79 Å².